The fraction of sp³-hybridized carbons (Fsp3) is 0.300. The molecule has 0 saturated heterocycles. The Morgan fingerprint density at radius 1 is 1.47 bits per heavy atom. The summed E-state index contributed by atoms with van der Waals surface area (Å²) in [6, 6.07) is 4.45. The third kappa shape index (κ3) is 4.69. The molecule has 0 saturated carbocycles. The molecule has 106 valence electrons. The van der Waals surface area contributed by atoms with E-state index in [4.69, 9.17) is 10.9 Å². The van der Waals surface area contributed by atoms with Gasteiger partial charge in [-0.25, -0.2) is 0 Å². The van der Waals surface area contributed by atoms with Crippen molar-refractivity contribution in [2.45, 2.75) is 19.9 Å². The zero-order valence-electron chi connectivity index (χ0n) is 10.4. The second kappa shape index (κ2) is 6.22. The van der Waals surface area contributed by atoms with Crippen LogP contribution < -0.4 is 15.2 Å². The number of nitrogens with one attached hydrogen (secondary N) is 2. The number of anilines is 1. The first-order valence-electron chi connectivity index (χ1n) is 5.32. The van der Waals surface area contributed by atoms with E-state index < -0.39 is 10.2 Å². The van der Waals surface area contributed by atoms with Crippen LogP contribution in [0.25, 0.3) is 0 Å². The smallest absolute Gasteiger partial charge is 0.299 e. The van der Waals surface area contributed by atoms with Crippen molar-refractivity contribution in [1.29, 1.82) is 0 Å². The highest BCUT2D eigenvalue weighted by Crippen LogP contribution is 2.21. The van der Waals surface area contributed by atoms with E-state index >= 15 is 0 Å². The number of rotatable bonds is 5. The topological polar surface area (TPSA) is 117 Å². The van der Waals surface area contributed by atoms with Gasteiger partial charge in [0.25, 0.3) is 10.2 Å². The van der Waals surface area contributed by atoms with Crippen LogP contribution in [0.5, 0.6) is 0 Å². The second-order valence-electron chi connectivity index (χ2n) is 4.05. The average molecular weight is 351 g/mol. The Hall–Kier alpha value is -1.32. The van der Waals surface area contributed by atoms with Gasteiger partial charge in [-0.2, -0.15) is 13.1 Å². The predicted molar refractivity (Wildman–Crippen MR) is 77.5 cm³/mol. The number of hydrogen-bond acceptors (Lipinski definition) is 4. The third-order valence-corrected chi connectivity index (χ3v) is 3.76. The van der Waals surface area contributed by atoms with Crippen molar-refractivity contribution in [3.63, 3.8) is 0 Å². The first-order valence-corrected chi connectivity index (χ1v) is 7.60. The maximum Gasteiger partial charge on any atom is 0.299 e. The first kappa shape index (κ1) is 15.7. The molecule has 0 bridgehead atoms. The minimum absolute atomic E-state index is 0.191. The van der Waals surface area contributed by atoms with Crippen molar-refractivity contribution in [3.8, 4) is 0 Å². The molecule has 0 aliphatic heterocycles. The van der Waals surface area contributed by atoms with Gasteiger partial charge >= 0.3 is 0 Å². The minimum Gasteiger partial charge on any atom is -0.409 e. The van der Waals surface area contributed by atoms with Crippen LogP contribution in [0.1, 0.15) is 19.4 Å². The van der Waals surface area contributed by atoms with E-state index in [9.17, 15) is 8.42 Å². The lowest BCUT2D eigenvalue weighted by molar-refractivity contribution is 0.318. The number of nitrogens with zero attached hydrogens (tertiary/aromatic N) is 1. The Kier molecular flexibility index (Phi) is 5.15. The number of halogens is 1. The molecule has 0 fully saturated rings. The Bertz CT molecular complexity index is 586. The normalized spacial score (nSPS) is 12.7. The van der Waals surface area contributed by atoms with Crippen LogP contribution >= 0.6 is 15.9 Å². The average Bonchev–Trinajstić information content (AvgIpc) is 2.28. The largest absolute Gasteiger partial charge is 0.409 e. The van der Waals surface area contributed by atoms with E-state index in [1.807, 2.05) is 0 Å². The van der Waals surface area contributed by atoms with Gasteiger partial charge in [-0.1, -0.05) is 21.1 Å². The molecule has 0 aromatic heterocycles. The minimum atomic E-state index is -3.72. The van der Waals surface area contributed by atoms with Crippen LogP contribution in [0.15, 0.2) is 27.8 Å². The number of benzene rings is 1. The molecular formula is C10H15BrN4O3S. The van der Waals surface area contributed by atoms with Gasteiger partial charge in [-0.05, 0) is 32.0 Å². The summed E-state index contributed by atoms with van der Waals surface area (Å²) in [7, 11) is -3.72. The van der Waals surface area contributed by atoms with Crippen LogP contribution in [0.3, 0.4) is 0 Å². The van der Waals surface area contributed by atoms with Crippen molar-refractivity contribution in [1.82, 2.24) is 4.72 Å². The fourth-order valence-corrected chi connectivity index (χ4v) is 2.86. The monoisotopic (exact) mass is 350 g/mol. The second-order valence-corrected chi connectivity index (χ2v) is 6.42. The van der Waals surface area contributed by atoms with Gasteiger partial charge in [0.2, 0.25) is 0 Å². The van der Waals surface area contributed by atoms with Crippen molar-refractivity contribution >= 4 is 37.7 Å². The van der Waals surface area contributed by atoms with E-state index in [1.165, 1.54) is 6.07 Å². The maximum absolute atomic E-state index is 11.8. The fourth-order valence-electron chi connectivity index (χ4n) is 1.36. The Morgan fingerprint density at radius 2 is 2.11 bits per heavy atom. The molecule has 1 aromatic rings. The lowest BCUT2D eigenvalue weighted by Crippen LogP contribution is -2.35. The molecule has 0 heterocycles. The van der Waals surface area contributed by atoms with Gasteiger partial charge < -0.3 is 10.9 Å². The van der Waals surface area contributed by atoms with Crippen molar-refractivity contribution < 1.29 is 13.6 Å². The number of hydrogen-bond donors (Lipinski definition) is 4. The quantitative estimate of drug-likeness (QED) is 0.276. The Morgan fingerprint density at radius 3 is 2.63 bits per heavy atom. The van der Waals surface area contributed by atoms with Gasteiger partial charge in [-0.15, -0.1) is 0 Å². The summed E-state index contributed by atoms with van der Waals surface area (Å²) >= 11 is 3.23. The van der Waals surface area contributed by atoms with Crippen LogP contribution in [-0.2, 0) is 10.2 Å². The van der Waals surface area contributed by atoms with Crippen LogP contribution in [-0.4, -0.2) is 25.5 Å². The molecule has 0 radical (unpaired) electrons. The van der Waals surface area contributed by atoms with Gasteiger partial charge in [-0.3, -0.25) is 4.72 Å². The summed E-state index contributed by atoms with van der Waals surface area (Å²) in [6.07, 6.45) is 0. The van der Waals surface area contributed by atoms with Crippen molar-refractivity contribution in [2.75, 3.05) is 4.72 Å². The highest BCUT2D eigenvalue weighted by Gasteiger charge is 2.15. The molecule has 1 rings (SSSR count). The summed E-state index contributed by atoms with van der Waals surface area (Å²) in [6.45, 7) is 3.40. The van der Waals surface area contributed by atoms with Crippen molar-refractivity contribution in [2.24, 2.45) is 10.9 Å². The molecular weight excluding hydrogens is 336 g/mol. The lowest BCUT2D eigenvalue weighted by Gasteiger charge is -2.14. The molecule has 0 amide bonds. The highest BCUT2D eigenvalue weighted by atomic mass is 79.9. The summed E-state index contributed by atoms with van der Waals surface area (Å²) in [5.74, 6) is -0.191. The summed E-state index contributed by atoms with van der Waals surface area (Å²) < 4.78 is 28.9. The van der Waals surface area contributed by atoms with Crippen molar-refractivity contribution in [3.05, 3.63) is 28.2 Å². The molecule has 9 heteroatoms. The maximum atomic E-state index is 11.8. The molecule has 0 spiro atoms. The molecule has 0 atom stereocenters. The number of amidine groups is 1. The number of nitrogens with two attached hydrogens (primary N) is 1. The zero-order valence-corrected chi connectivity index (χ0v) is 12.8. The van der Waals surface area contributed by atoms with E-state index in [-0.39, 0.29) is 23.1 Å². The highest BCUT2D eigenvalue weighted by molar-refractivity contribution is 9.10. The van der Waals surface area contributed by atoms with Gasteiger partial charge in [0.05, 0.1) is 5.69 Å². The van der Waals surface area contributed by atoms with E-state index in [2.05, 4.69) is 30.5 Å². The zero-order chi connectivity index (χ0) is 14.6. The molecule has 5 N–H and O–H groups in total. The van der Waals surface area contributed by atoms with E-state index in [0.29, 0.717) is 4.47 Å². The molecule has 19 heavy (non-hydrogen) atoms. The van der Waals surface area contributed by atoms with E-state index in [1.54, 1.807) is 26.0 Å². The van der Waals surface area contributed by atoms with Crippen LogP contribution in [0.4, 0.5) is 5.69 Å². The molecule has 0 aliphatic carbocycles. The van der Waals surface area contributed by atoms with E-state index in [0.717, 1.165) is 0 Å². The first-order chi connectivity index (χ1) is 8.75. The van der Waals surface area contributed by atoms with Crippen LogP contribution in [0.2, 0.25) is 0 Å². The van der Waals surface area contributed by atoms with Gasteiger partial charge in [0.15, 0.2) is 5.84 Å². The SMILES string of the molecule is CC(C)NS(=O)(=O)Nc1ccc(Br)cc1/C(N)=N/O. The lowest BCUT2D eigenvalue weighted by atomic mass is 10.2. The molecule has 7 nitrogen and oxygen atoms in total. The molecule has 0 aliphatic rings. The standard InChI is InChI=1S/C10H15BrN4O3S/c1-6(2)14-19(17,18)15-9-4-3-7(11)5-8(9)10(12)13-16/h3-6,14-16H,1-2H3,(H2,12,13). The van der Waals surface area contributed by atoms with Crippen LogP contribution in [0, 0.1) is 0 Å². The molecule has 1 aromatic carbocycles. The Labute approximate surface area is 120 Å². The van der Waals surface area contributed by atoms with Gasteiger partial charge in [0.1, 0.15) is 0 Å². The third-order valence-electron chi connectivity index (χ3n) is 2.00. The van der Waals surface area contributed by atoms with Gasteiger partial charge in [0, 0.05) is 16.1 Å². The predicted octanol–water partition coefficient (Wildman–Crippen LogP) is 1.20. The number of oxime groups is 1. The molecule has 0 unspecified atom stereocenters. The Balaban J connectivity index is 3.15. The summed E-state index contributed by atoms with van der Waals surface area (Å²) in [5, 5.41) is 11.6. The summed E-state index contributed by atoms with van der Waals surface area (Å²) in [4.78, 5) is 0. The summed E-state index contributed by atoms with van der Waals surface area (Å²) in [5.41, 5.74) is 5.99.